The van der Waals surface area contributed by atoms with Gasteiger partial charge in [0.05, 0.1) is 0 Å². The second kappa shape index (κ2) is 1.77. The standard InChI is InChI=1S/C9H14/c1-7-5-6-9(3,4)8(7)2/h7-8H,1-4H3. The van der Waals surface area contributed by atoms with Crippen molar-refractivity contribution in [2.75, 3.05) is 0 Å². The van der Waals surface area contributed by atoms with E-state index < -0.39 is 0 Å². The molecule has 0 saturated carbocycles. The van der Waals surface area contributed by atoms with Crippen molar-refractivity contribution in [1.29, 1.82) is 0 Å². The van der Waals surface area contributed by atoms with Crippen LogP contribution in [0, 0.1) is 29.1 Å². The van der Waals surface area contributed by atoms with Crippen LogP contribution in [0.5, 0.6) is 0 Å². The van der Waals surface area contributed by atoms with Gasteiger partial charge < -0.3 is 0 Å². The molecule has 0 bridgehead atoms. The maximum atomic E-state index is 3.25. The van der Waals surface area contributed by atoms with Crippen LogP contribution in [0.1, 0.15) is 27.7 Å². The minimum atomic E-state index is 0.263. The third-order valence-corrected chi connectivity index (χ3v) is 2.51. The minimum Gasteiger partial charge on any atom is -0.0993 e. The summed E-state index contributed by atoms with van der Waals surface area (Å²) in [5, 5.41) is 0. The highest BCUT2D eigenvalue weighted by atomic mass is 14.3. The lowest BCUT2D eigenvalue weighted by atomic mass is 9.79. The molecule has 1 rings (SSSR count). The van der Waals surface area contributed by atoms with Gasteiger partial charge in [0, 0.05) is 11.3 Å². The molecule has 50 valence electrons. The highest BCUT2D eigenvalue weighted by molar-refractivity contribution is 5.21. The zero-order chi connectivity index (χ0) is 7.07. The lowest BCUT2D eigenvalue weighted by molar-refractivity contribution is 0.290. The molecule has 0 nitrogen and oxygen atoms in total. The van der Waals surface area contributed by atoms with E-state index in [2.05, 4.69) is 39.5 Å². The van der Waals surface area contributed by atoms with Crippen molar-refractivity contribution in [2.24, 2.45) is 17.3 Å². The summed E-state index contributed by atoms with van der Waals surface area (Å²) in [7, 11) is 0. The molecule has 0 saturated heterocycles. The van der Waals surface area contributed by atoms with E-state index in [0.29, 0.717) is 11.8 Å². The van der Waals surface area contributed by atoms with Crippen LogP contribution in [0.2, 0.25) is 0 Å². The minimum absolute atomic E-state index is 0.263. The van der Waals surface area contributed by atoms with Crippen LogP contribution in [-0.2, 0) is 0 Å². The van der Waals surface area contributed by atoms with Crippen molar-refractivity contribution < 1.29 is 0 Å². The Hall–Kier alpha value is -0.440. The molecule has 0 aromatic heterocycles. The Morgan fingerprint density at radius 2 is 1.78 bits per heavy atom. The predicted octanol–water partition coefficient (Wildman–Crippen LogP) is 2.30. The second-order valence-electron chi connectivity index (χ2n) is 3.57. The first-order valence-corrected chi connectivity index (χ1v) is 3.57. The third kappa shape index (κ3) is 0.965. The van der Waals surface area contributed by atoms with E-state index in [9.17, 15) is 0 Å². The SMILES string of the molecule is CC1C#CC(C)(C)C1C. The van der Waals surface area contributed by atoms with Gasteiger partial charge in [-0.1, -0.05) is 25.7 Å². The molecule has 0 fully saturated rings. The molecule has 0 aromatic rings. The maximum Gasteiger partial charge on any atom is 0.0295 e. The van der Waals surface area contributed by atoms with Gasteiger partial charge >= 0.3 is 0 Å². The van der Waals surface area contributed by atoms with Gasteiger partial charge in [-0.25, -0.2) is 0 Å². The first-order valence-electron chi connectivity index (χ1n) is 3.57. The van der Waals surface area contributed by atoms with Gasteiger partial charge in [0.2, 0.25) is 0 Å². The van der Waals surface area contributed by atoms with Crippen LogP contribution in [-0.4, -0.2) is 0 Å². The van der Waals surface area contributed by atoms with E-state index in [1.165, 1.54) is 0 Å². The van der Waals surface area contributed by atoms with Crippen molar-refractivity contribution in [1.82, 2.24) is 0 Å². The highest BCUT2D eigenvalue weighted by Crippen LogP contribution is 2.35. The monoisotopic (exact) mass is 122 g/mol. The molecule has 0 amide bonds. The smallest absolute Gasteiger partial charge is 0.0295 e. The molecule has 0 heteroatoms. The van der Waals surface area contributed by atoms with Gasteiger partial charge in [0.15, 0.2) is 0 Å². The van der Waals surface area contributed by atoms with E-state index in [0.717, 1.165) is 0 Å². The van der Waals surface area contributed by atoms with Crippen LogP contribution in [0.25, 0.3) is 0 Å². The fourth-order valence-corrected chi connectivity index (χ4v) is 1.16. The highest BCUT2D eigenvalue weighted by Gasteiger charge is 2.31. The Labute approximate surface area is 57.7 Å². The van der Waals surface area contributed by atoms with Crippen molar-refractivity contribution in [3.63, 3.8) is 0 Å². The molecule has 0 spiro atoms. The average Bonchev–Trinajstić information content (AvgIpc) is 1.97. The molecule has 0 heterocycles. The molecule has 1 aliphatic carbocycles. The number of hydrogen-bond acceptors (Lipinski definition) is 0. The Bertz CT molecular complexity index is 166. The topological polar surface area (TPSA) is 0 Å². The summed E-state index contributed by atoms with van der Waals surface area (Å²) in [5.74, 6) is 7.76. The van der Waals surface area contributed by atoms with Crippen molar-refractivity contribution in [3.05, 3.63) is 0 Å². The van der Waals surface area contributed by atoms with Gasteiger partial charge in [-0.3, -0.25) is 0 Å². The normalized spacial score (nSPS) is 37.8. The predicted molar refractivity (Wildman–Crippen MR) is 39.9 cm³/mol. The summed E-state index contributed by atoms with van der Waals surface area (Å²) in [6.07, 6.45) is 0. The van der Waals surface area contributed by atoms with Crippen molar-refractivity contribution in [3.8, 4) is 11.8 Å². The van der Waals surface area contributed by atoms with Crippen LogP contribution >= 0.6 is 0 Å². The average molecular weight is 122 g/mol. The Morgan fingerprint density at radius 1 is 1.22 bits per heavy atom. The fourth-order valence-electron chi connectivity index (χ4n) is 1.16. The Morgan fingerprint density at radius 3 is 1.89 bits per heavy atom. The molecule has 2 atom stereocenters. The van der Waals surface area contributed by atoms with E-state index in [-0.39, 0.29) is 5.41 Å². The summed E-state index contributed by atoms with van der Waals surface area (Å²) in [6, 6.07) is 0. The fraction of sp³-hybridized carbons (Fsp3) is 0.778. The van der Waals surface area contributed by atoms with Crippen LogP contribution < -0.4 is 0 Å². The first kappa shape index (κ1) is 6.68. The van der Waals surface area contributed by atoms with Gasteiger partial charge in [0.25, 0.3) is 0 Å². The summed E-state index contributed by atoms with van der Waals surface area (Å²) < 4.78 is 0. The van der Waals surface area contributed by atoms with Crippen LogP contribution in [0.4, 0.5) is 0 Å². The summed E-state index contributed by atoms with van der Waals surface area (Å²) in [4.78, 5) is 0. The van der Waals surface area contributed by atoms with Gasteiger partial charge in [0.1, 0.15) is 0 Å². The zero-order valence-electron chi connectivity index (χ0n) is 6.65. The largest absolute Gasteiger partial charge is 0.0993 e. The second-order valence-corrected chi connectivity index (χ2v) is 3.57. The van der Waals surface area contributed by atoms with E-state index in [1.54, 1.807) is 0 Å². The van der Waals surface area contributed by atoms with Gasteiger partial charge in [-0.15, -0.1) is 0 Å². The molecule has 0 radical (unpaired) electrons. The molecule has 2 unspecified atom stereocenters. The number of rotatable bonds is 0. The van der Waals surface area contributed by atoms with Crippen LogP contribution in [0.15, 0.2) is 0 Å². The molecule has 0 aliphatic heterocycles. The summed E-state index contributed by atoms with van der Waals surface area (Å²) in [5.41, 5.74) is 0.263. The number of hydrogen-bond donors (Lipinski definition) is 0. The molecular weight excluding hydrogens is 108 g/mol. The summed E-state index contributed by atoms with van der Waals surface area (Å²) in [6.45, 7) is 8.90. The lowest BCUT2D eigenvalue weighted by Gasteiger charge is -2.23. The molecule has 1 aliphatic rings. The van der Waals surface area contributed by atoms with E-state index in [4.69, 9.17) is 0 Å². The van der Waals surface area contributed by atoms with Crippen molar-refractivity contribution in [2.45, 2.75) is 27.7 Å². The van der Waals surface area contributed by atoms with Crippen LogP contribution in [0.3, 0.4) is 0 Å². The Kier molecular flexibility index (Phi) is 1.31. The first-order chi connectivity index (χ1) is 4.04. The van der Waals surface area contributed by atoms with Crippen molar-refractivity contribution >= 4 is 0 Å². The molecular formula is C9H14. The Balaban J connectivity index is 2.78. The quantitative estimate of drug-likeness (QED) is 0.432. The maximum absolute atomic E-state index is 3.25. The molecule has 9 heavy (non-hydrogen) atoms. The van der Waals surface area contributed by atoms with Gasteiger partial charge in [-0.05, 0) is 19.8 Å². The molecule has 0 N–H and O–H groups in total. The zero-order valence-corrected chi connectivity index (χ0v) is 6.65. The van der Waals surface area contributed by atoms with E-state index >= 15 is 0 Å². The third-order valence-electron chi connectivity index (χ3n) is 2.51. The van der Waals surface area contributed by atoms with E-state index in [1.807, 2.05) is 0 Å². The molecule has 0 aromatic carbocycles. The van der Waals surface area contributed by atoms with Gasteiger partial charge in [-0.2, -0.15) is 0 Å². The summed E-state index contributed by atoms with van der Waals surface area (Å²) >= 11 is 0. The lowest BCUT2D eigenvalue weighted by Crippen LogP contribution is -2.19.